The summed E-state index contributed by atoms with van der Waals surface area (Å²) < 4.78 is 11.8. The summed E-state index contributed by atoms with van der Waals surface area (Å²) in [4.78, 5) is 16.7. The summed E-state index contributed by atoms with van der Waals surface area (Å²) >= 11 is 9.64. The van der Waals surface area contributed by atoms with Crippen molar-refractivity contribution in [1.29, 1.82) is 0 Å². The van der Waals surface area contributed by atoms with Gasteiger partial charge in [-0.15, -0.1) is 0 Å². The number of ether oxygens (including phenoxy) is 2. The van der Waals surface area contributed by atoms with Crippen LogP contribution in [0, 0.1) is 6.92 Å². The number of hydrogen-bond donors (Lipinski definition) is 1. The van der Waals surface area contributed by atoms with Crippen LogP contribution in [0.4, 0.5) is 11.4 Å². The quantitative estimate of drug-likeness (QED) is 0.404. The molecule has 0 aromatic heterocycles. The van der Waals surface area contributed by atoms with Gasteiger partial charge in [0, 0.05) is 16.9 Å². The SMILES string of the molecule is COc1cc(C=Nc2cccc(Cl)c2C)cc(Br)c1OCC(=O)Nc1ccccc1. The van der Waals surface area contributed by atoms with Crippen molar-refractivity contribution in [3.05, 3.63) is 81.3 Å². The minimum atomic E-state index is -0.266. The Balaban J connectivity index is 1.73. The van der Waals surface area contributed by atoms with E-state index >= 15 is 0 Å². The van der Waals surface area contributed by atoms with Crippen LogP contribution in [0.5, 0.6) is 11.5 Å². The zero-order valence-electron chi connectivity index (χ0n) is 16.5. The molecule has 3 rings (SSSR count). The van der Waals surface area contributed by atoms with Crippen molar-refractivity contribution in [2.24, 2.45) is 4.99 Å². The lowest BCUT2D eigenvalue weighted by molar-refractivity contribution is -0.118. The zero-order valence-corrected chi connectivity index (χ0v) is 18.8. The first kappa shape index (κ1) is 21.9. The van der Waals surface area contributed by atoms with Crippen LogP contribution in [0.2, 0.25) is 5.02 Å². The number of benzene rings is 3. The summed E-state index contributed by atoms with van der Waals surface area (Å²) in [6.07, 6.45) is 1.72. The standard InChI is InChI=1S/C23H20BrClN2O3/c1-15-19(25)9-6-10-20(15)26-13-16-11-18(24)23(21(12-16)29-2)30-14-22(28)27-17-7-4-3-5-8-17/h3-13H,14H2,1-2H3,(H,27,28). The highest BCUT2D eigenvalue weighted by Gasteiger charge is 2.13. The number of hydrogen-bond acceptors (Lipinski definition) is 4. The lowest BCUT2D eigenvalue weighted by Crippen LogP contribution is -2.20. The fraction of sp³-hybridized carbons (Fsp3) is 0.130. The van der Waals surface area contributed by atoms with Gasteiger partial charge in [0.2, 0.25) is 0 Å². The summed E-state index contributed by atoms with van der Waals surface area (Å²) in [6, 6.07) is 18.4. The first-order valence-corrected chi connectivity index (χ1v) is 10.3. The molecule has 0 heterocycles. The van der Waals surface area contributed by atoms with E-state index in [0.717, 1.165) is 16.8 Å². The largest absolute Gasteiger partial charge is 0.493 e. The molecule has 0 spiro atoms. The third-order valence-corrected chi connectivity index (χ3v) is 5.25. The molecule has 1 N–H and O–H groups in total. The van der Waals surface area contributed by atoms with E-state index in [9.17, 15) is 4.79 Å². The van der Waals surface area contributed by atoms with Gasteiger partial charge in [0.05, 0.1) is 17.3 Å². The van der Waals surface area contributed by atoms with Gasteiger partial charge in [0.15, 0.2) is 18.1 Å². The number of para-hydroxylation sites is 1. The number of amides is 1. The van der Waals surface area contributed by atoms with Gasteiger partial charge in [0.1, 0.15) is 0 Å². The third kappa shape index (κ3) is 5.62. The van der Waals surface area contributed by atoms with Gasteiger partial charge < -0.3 is 14.8 Å². The molecular weight excluding hydrogens is 468 g/mol. The molecular formula is C23H20BrClN2O3. The second kappa shape index (κ2) is 10.3. The van der Waals surface area contributed by atoms with E-state index < -0.39 is 0 Å². The van der Waals surface area contributed by atoms with Crippen LogP contribution < -0.4 is 14.8 Å². The smallest absolute Gasteiger partial charge is 0.262 e. The number of nitrogens with zero attached hydrogens (tertiary/aromatic N) is 1. The normalized spacial score (nSPS) is 10.8. The van der Waals surface area contributed by atoms with Crippen molar-refractivity contribution in [1.82, 2.24) is 0 Å². The molecule has 7 heteroatoms. The molecule has 0 unspecified atom stereocenters. The molecule has 3 aromatic carbocycles. The van der Waals surface area contributed by atoms with E-state index in [1.165, 1.54) is 0 Å². The lowest BCUT2D eigenvalue weighted by atomic mass is 10.2. The number of methoxy groups -OCH3 is 1. The Labute approximate surface area is 188 Å². The number of carbonyl (C=O) groups excluding carboxylic acids is 1. The fourth-order valence-corrected chi connectivity index (χ4v) is 3.43. The van der Waals surface area contributed by atoms with Crippen molar-refractivity contribution in [2.75, 3.05) is 19.0 Å². The molecule has 0 fully saturated rings. The molecule has 0 aliphatic carbocycles. The Hall–Kier alpha value is -2.83. The molecule has 0 radical (unpaired) electrons. The highest BCUT2D eigenvalue weighted by atomic mass is 79.9. The van der Waals surface area contributed by atoms with E-state index in [0.29, 0.717) is 26.7 Å². The fourth-order valence-electron chi connectivity index (χ4n) is 2.69. The van der Waals surface area contributed by atoms with E-state index in [4.69, 9.17) is 21.1 Å². The molecule has 0 aliphatic heterocycles. The minimum absolute atomic E-state index is 0.154. The van der Waals surface area contributed by atoms with Gasteiger partial charge in [-0.3, -0.25) is 9.79 Å². The Morgan fingerprint density at radius 3 is 2.67 bits per heavy atom. The molecule has 0 bridgehead atoms. The summed E-state index contributed by atoms with van der Waals surface area (Å²) in [7, 11) is 1.54. The molecule has 0 saturated heterocycles. The van der Waals surface area contributed by atoms with Gasteiger partial charge in [-0.1, -0.05) is 35.9 Å². The van der Waals surface area contributed by atoms with Gasteiger partial charge >= 0.3 is 0 Å². The van der Waals surface area contributed by atoms with Crippen LogP contribution >= 0.6 is 27.5 Å². The van der Waals surface area contributed by atoms with Gasteiger partial charge in [-0.2, -0.15) is 0 Å². The Morgan fingerprint density at radius 1 is 1.17 bits per heavy atom. The van der Waals surface area contributed by atoms with Crippen LogP contribution in [0.25, 0.3) is 0 Å². The van der Waals surface area contributed by atoms with Crippen LogP contribution in [0.3, 0.4) is 0 Å². The third-order valence-electron chi connectivity index (χ3n) is 4.25. The highest BCUT2D eigenvalue weighted by molar-refractivity contribution is 9.10. The van der Waals surface area contributed by atoms with Crippen LogP contribution in [0.15, 0.2) is 70.1 Å². The molecule has 3 aromatic rings. The van der Waals surface area contributed by atoms with Gasteiger partial charge in [0.25, 0.3) is 5.91 Å². The molecule has 0 saturated carbocycles. The van der Waals surface area contributed by atoms with Crippen LogP contribution in [-0.2, 0) is 4.79 Å². The topological polar surface area (TPSA) is 59.9 Å². The zero-order chi connectivity index (χ0) is 21.5. The number of halogens is 2. The number of rotatable bonds is 7. The first-order chi connectivity index (χ1) is 14.5. The monoisotopic (exact) mass is 486 g/mol. The molecule has 1 amide bonds. The first-order valence-electron chi connectivity index (χ1n) is 9.12. The predicted octanol–water partition coefficient (Wildman–Crippen LogP) is 6.19. The van der Waals surface area contributed by atoms with E-state index in [-0.39, 0.29) is 12.5 Å². The maximum atomic E-state index is 12.2. The van der Waals surface area contributed by atoms with E-state index in [1.54, 1.807) is 19.4 Å². The second-order valence-electron chi connectivity index (χ2n) is 6.38. The minimum Gasteiger partial charge on any atom is -0.493 e. The van der Waals surface area contributed by atoms with Crippen LogP contribution in [0.1, 0.15) is 11.1 Å². The van der Waals surface area contributed by atoms with Crippen molar-refractivity contribution in [3.63, 3.8) is 0 Å². The second-order valence-corrected chi connectivity index (χ2v) is 7.64. The van der Waals surface area contributed by atoms with Crippen molar-refractivity contribution in [3.8, 4) is 11.5 Å². The number of nitrogens with one attached hydrogen (secondary N) is 1. The average molecular weight is 488 g/mol. The number of carbonyl (C=O) groups is 1. The van der Waals surface area contributed by atoms with Crippen molar-refractivity contribution >= 4 is 51.0 Å². The predicted molar refractivity (Wildman–Crippen MR) is 125 cm³/mol. The van der Waals surface area contributed by atoms with Gasteiger partial charge in [-0.25, -0.2) is 0 Å². The molecule has 30 heavy (non-hydrogen) atoms. The Morgan fingerprint density at radius 2 is 1.93 bits per heavy atom. The Kier molecular flexibility index (Phi) is 7.49. The Bertz CT molecular complexity index is 1070. The summed E-state index contributed by atoms with van der Waals surface area (Å²) in [5, 5.41) is 3.44. The maximum absolute atomic E-state index is 12.2. The van der Waals surface area contributed by atoms with Crippen molar-refractivity contribution < 1.29 is 14.3 Å². The van der Waals surface area contributed by atoms with Crippen molar-refractivity contribution in [2.45, 2.75) is 6.92 Å². The maximum Gasteiger partial charge on any atom is 0.262 e. The van der Waals surface area contributed by atoms with Crippen LogP contribution in [-0.4, -0.2) is 25.8 Å². The highest BCUT2D eigenvalue weighted by Crippen LogP contribution is 2.36. The molecule has 5 nitrogen and oxygen atoms in total. The average Bonchev–Trinajstić information content (AvgIpc) is 2.74. The van der Waals surface area contributed by atoms with E-state index in [1.807, 2.05) is 61.5 Å². The number of aliphatic imine (C=N–C) groups is 1. The molecule has 0 aliphatic rings. The molecule has 154 valence electrons. The van der Waals surface area contributed by atoms with Gasteiger partial charge in [-0.05, 0) is 70.4 Å². The summed E-state index contributed by atoms with van der Waals surface area (Å²) in [5.41, 5.74) is 3.21. The molecule has 0 atom stereocenters. The van der Waals surface area contributed by atoms with E-state index in [2.05, 4.69) is 26.2 Å². The summed E-state index contributed by atoms with van der Waals surface area (Å²) in [6.45, 7) is 1.77. The lowest BCUT2D eigenvalue weighted by Gasteiger charge is -2.13. The number of anilines is 1. The summed E-state index contributed by atoms with van der Waals surface area (Å²) in [5.74, 6) is 0.662.